The first-order valence-corrected chi connectivity index (χ1v) is 7.04. The number of likely N-dealkylation sites (N-methyl/N-ethyl adjacent to an activating group) is 1. The Morgan fingerprint density at radius 1 is 1.30 bits per heavy atom. The van der Waals surface area contributed by atoms with Crippen LogP contribution in [-0.2, 0) is 4.74 Å². The Balaban J connectivity index is 1.68. The van der Waals surface area contributed by atoms with Gasteiger partial charge in [-0.05, 0) is 32.0 Å². The number of carbonyl (C=O) groups is 1. The van der Waals surface area contributed by atoms with E-state index < -0.39 is 0 Å². The molecule has 3 rings (SSSR count). The summed E-state index contributed by atoms with van der Waals surface area (Å²) in [6.45, 7) is 1.96. The number of hydrogen-bond donors (Lipinski definition) is 0. The largest absolute Gasteiger partial charge is 0.453 e. The van der Waals surface area contributed by atoms with E-state index in [9.17, 15) is 4.79 Å². The van der Waals surface area contributed by atoms with Crippen molar-refractivity contribution in [3.8, 4) is 0 Å². The van der Waals surface area contributed by atoms with E-state index in [0.29, 0.717) is 18.3 Å². The Morgan fingerprint density at radius 2 is 2.05 bits per heavy atom. The third-order valence-electron chi connectivity index (χ3n) is 3.91. The fourth-order valence-corrected chi connectivity index (χ4v) is 2.68. The fourth-order valence-electron chi connectivity index (χ4n) is 2.68. The summed E-state index contributed by atoms with van der Waals surface area (Å²) in [7, 11) is 2.00. The molecule has 2 heterocycles. The molecule has 1 aliphatic heterocycles. The normalized spacial score (nSPS) is 16.9. The molecule has 4 heteroatoms. The molecule has 0 spiro atoms. The van der Waals surface area contributed by atoms with Gasteiger partial charge < -0.3 is 9.15 Å². The van der Waals surface area contributed by atoms with Gasteiger partial charge in [-0.3, -0.25) is 9.69 Å². The van der Waals surface area contributed by atoms with E-state index >= 15 is 0 Å². The highest BCUT2D eigenvalue weighted by Gasteiger charge is 2.22. The number of Topliss-reactive ketones (excluding diaryl/α,β-unsaturated/α-hetero) is 1. The number of fused-ring (bicyclic) bond motifs is 1. The molecule has 106 valence electrons. The van der Waals surface area contributed by atoms with Crippen LogP contribution in [0.2, 0.25) is 0 Å². The van der Waals surface area contributed by atoms with Crippen molar-refractivity contribution in [3.05, 3.63) is 36.1 Å². The molecule has 1 fully saturated rings. The van der Waals surface area contributed by atoms with Crippen molar-refractivity contribution in [2.45, 2.75) is 18.9 Å². The molecule has 1 aromatic carbocycles. The first-order valence-electron chi connectivity index (χ1n) is 7.04. The first-order chi connectivity index (χ1) is 9.74. The lowest BCUT2D eigenvalue weighted by Crippen LogP contribution is -2.39. The van der Waals surface area contributed by atoms with Gasteiger partial charge >= 0.3 is 0 Å². The van der Waals surface area contributed by atoms with Gasteiger partial charge in [0.15, 0.2) is 5.76 Å². The monoisotopic (exact) mass is 273 g/mol. The van der Waals surface area contributed by atoms with Crippen LogP contribution in [0.1, 0.15) is 23.4 Å². The van der Waals surface area contributed by atoms with E-state index in [-0.39, 0.29) is 5.78 Å². The van der Waals surface area contributed by atoms with Crippen molar-refractivity contribution in [2.24, 2.45) is 0 Å². The van der Waals surface area contributed by atoms with Crippen LogP contribution >= 0.6 is 0 Å². The number of ketones is 1. The van der Waals surface area contributed by atoms with Gasteiger partial charge in [0.25, 0.3) is 0 Å². The molecular formula is C16H19NO3. The van der Waals surface area contributed by atoms with Crippen LogP contribution in [0.15, 0.2) is 34.7 Å². The molecule has 0 bridgehead atoms. The highest BCUT2D eigenvalue weighted by atomic mass is 16.5. The summed E-state index contributed by atoms with van der Waals surface area (Å²) in [5.74, 6) is 0.486. The van der Waals surface area contributed by atoms with Crippen molar-refractivity contribution in [3.63, 3.8) is 0 Å². The van der Waals surface area contributed by atoms with Gasteiger partial charge in [-0.15, -0.1) is 0 Å². The molecular weight excluding hydrogens is 254 g/mol. The topological polar surface area (TPSA) is 42.7 Å². The van der Waals surface area contributed by atoms with Crippen LogP contribution < -0.4 is 0 Å². The summed E-state index contributed by atoms with van der Waals surface area (Å²) in [6, 6.07) is 9.95. The Morgan fingerprint density at radius 3 is 2.80 bits per heavy atom. The third-order valence-corrected chi connectivity index (χ3v) is 3.91. The predicted octanol–water partition coefficient (Wildman–Crippen LogP) is 2.73. The first kappa shape index (κ1) is 13.3. The van der Waals surface area contributed by atoms with Gasteiger partial charge in [-0.2, -0.15) is 0 Å². The van der Waals surface area contributed by atoms with E-state index in [2.05, 4.69) is 4.90 Å². The minimum atomic E-state index is 0.0372. The number of rotatable bonds is 4. The standard InChI is InChI=1S/C16H19NO3/c1-17(13-6-8-19-9-7-13)11-14(18)16-10-12-4-2-3-5-15(12)20-16/h2-5,10,13H,6-9,11H2,1H3. The Hall–Kier alpha value is -1.65. The Labute approximate surface area is 118 Å². The molecule has 1 aromatic heterocycles. The van der Waals surface area contributed by atoms with Crippen molar-refractivity contribution in [1.82, 2.24) is 4.90 Å². The Kier molecular flexibility index (Phi) is 3.85. The second-order valence-electron chi connectivity index (χ2n) is 5.33. The second-order valence-corrected chi connectivity index (χ2v) is 5.33. The Bertz CT molecular complexity index is 566. The zero-order chi connectivity index (χ0) is 13.9. The van der Waals surface area contributed by atoms with E-state index in [0.717, 1.165) is 37.0 Å². The molecule has 2 aromatic rings. The van der Waals surface area contributed by atoms with Crippen LogP contribution in [0.5, 0.6) is 0 Å². The van der Waals surface area contributed by atoms with Crippen LogP contribution in [-0.4, -0.2) is 43.5 Å². The smallest absolute Gasteiger partial charge is 0.211 e. The lowest BCUT2D eigenvalue weighted by atomic mass is 10.1. The minimum Gasteiger partial charge on any atom is -0.453 e. The predicted molar refractivity (Wildman–Crippen MR) is 77.0 cm³/mol. The molecule has 4 nitrogen and oxygen atoms in total. The molecule has 0 radical (unpaired) electrons. The van der Waals surface area contributed by atoms with Crippen LogP contribution in [0.25, 0.3) is 11.0 Å². The molecule has 1 saturated heterocycles. The fraction of sp³-hybridized carbons (Fsp3) is 0.438. The highest BCUT2D eigenvalue weighted by Crippen LogP contribution is 2.20. The van der Waals surface area contributed by atoms with E-state index in [1.165, 1.54) is 0 Å². The molecule has 20 heavy (non-hydrogen) atoms. The van der Waals surface area contributed by atoms with Crippen LogP contribution in [0, 0.1) is 0 Å². The molecule has 0 atom stereocenters. The number of furan rings is 1. The summed E-state index contributed by atoms with van der Waals surface area (Å²) >= 11 is 0. The number of nitrogens with zero attached hydrogens (tertiary/aromatic N) is 1. The quantitative estimate of drug-likeness (QED) is 0.803. The average molecular weight is 273 g/mol. The van der Waals surface area contributed by atoms with Crippen molar-refractivity contribution in [1.29, 1.82) is 0 Å². The van der Waals surface area contributed by atoms with Crippen molar-refractivity contribution >= 4 is 16.8 Å². The maximum absolute atomic E-state index is 12.3. The summed E-state index contributed by atoms with van der Waals surface area (Å²) in [5.41, 5.74) is 0.768. The minimum absolute atomic E-state index is 0.0372. The lowest BCUT2D eigenvalue weighted by Gasteiger charge is -2.30. The number of ether oxygens (including phenoxy) is 1. The SMILES string of the molecule is CN(CC(=O)c1cc2ccccc2o1)C1CCOCC1. The lowest BCUT2D eigenvalue weighted by molar-refractivity contribution is 0.0414. The highest BCUT2D eigenvalue weighted by molar-refractivity contribution is 5.98. The molecule has 0 N–H and O–H groups in total. The van der Waals surface area contributed by atoms with Crippen molar-refractivity contribution in [2.75, 3.05) is 26.8 Å². The number of hydrogen-bond acceptors (Lipinski definition) is 4. The van der Waals surface area contributed by atoms with Crippen molar-refractivity contribution < 1.29 is 13.9 Å². The summed E-state index contributed by atoms with van der Waals surface area (Å²) in [4.78, 5) is 14.4. The summed E-state index contributed by atoms with van der Waals surface area (Å²) in [5, 5.41) is 0.976. The summed E-state index contributed by atoms with van der Waals surface area (Å²) in [6.07, 6.45) is 1.98. The number of para-hydroxylation sites is 1. The zero-order valence-electron chi connectivity index (χ0n) is 11.7. The third kappa shape index (κ3) is 2.76. The van der Waals surface area contributed by atoms with Gasteiger partial charge in [-0.25, -0.2) is 0 Å². The average Bonchev–Trinajstić information content (AvgIpc) is 2.92. The van der Waals surface area contributed by atoms with E-state index in [1.807, 2.05) is 37.4 Å². The molecule has 0 saturated carbocycles. The molecule has 1 aliphatic rings. The number of carbonyl (C=O) groups excluding carboxylic acids is 1. The molecule has 0 aliphatic carbocycles. The van der Waals surface area contributed by atoms with Crippen LogP contribution in [0.3, 0.4) is 0 Å². The van der Waals surface area contributed by atoms with Gasteiger partial charge in [0, 0.05) is 24.6 Å². The maximum Gasteiger partial charge on any atom is 0.211 e. The second kappa shape index (κ2) is 5.77. The molecule has 0 unspecified atom stereocenters. The van der Waals surface area contributed by atoms with Gasteiger partial charge in [0.2, 0.25) is 5.78 Å². The van der Waals surface area contributed by atoms with Gasteiger partial charge in [0.1, 0.15) is 5.58 Å². The van der Waals surface area contributed by atoms with Gasteiger partial charge in [-0.1, -0.05) is 18.2 Å². The maximum atomic E-state index is 12.3. The molecule has 0 amide bonds. The van der Waals surface area contributed by atoms with E-state index in [4.69, 9.17) is 9.15 Å². The van der Waals surface area contributed by atoms with Crippen LogP contribution in [0.4, 0.5) is 0 Å². The van der Waals surface area contributed by atoms with E-state index in [1.54, 1.807) is 0 Å². The van der Waals surface area contributed by atoms with Gasteiger partial charge in [0.05, 0.1) is 6.54 Å². The number of benzene rings is 1. The zero-order valence-corrected chi connectivity index (χ0v) is 11.7. The summed E-state index contributed by atoms with van der Waals surface area (Å²) < 4.78 is 11.0.